The Morgan fingerprint density at radius 2 is 2.06 bits per heavy atom. The van der Waals surface area contributed by atoms with Crippen LogP contribution in [0.5, 0.6) is 0 Å². The van der Waals surface area contributed by atoms with Gasteiger partial charge in [-0.05, 0) is 50.3 Å². The maximum absolute atomic E-state index is 6.22. The average Bonchev–Trinajstić information content (AvgIpc) is 2.70. The lowest BCUT2D eigenvalue weighted by molar-refractivity contribution is 0.445. The van der Waals surface area contributed by atoms with Gasteiger partial charge in [-0.25, -0.2) is 0 Å². The molecule has 1 saturated carbocycles. The number of pyridine rings is 1. The highest BCUT2D eigenvalue weighted by molar-refractivity contribution is 9.11. The molecule has 2 N–H and O–H groups in total. The van der Waals surface area contributed by atoms with Gasteiger partial charge in [0.1, 0.15) is 0 Å². The van der Waals surface area contributed by atoms with E-state index in [1.165, 1.54) is 25.7 Å². The number of rotatable bonds is 3. The summed E-state index contributed by atoms with van der Waals surface area (Å²) in [6.45, 7) is 0. The fraction of sp³-hybridized carbons (Fsp3) is 0.583. The molecular weight excluding hydrogens is 332 g/mol. The van der Waals surface area contributed by atoms with Gasteiger partial charge in [-0.1, -0.05) is 25.7 Å². The van der Waals surface area contributed by atoms with Crippen molar-refractivity contribution in [1.29, 1.82) is 0 Å². The Morgan fingerprint density at radius 1 is 1.38 bits per heavy atom. The molecule has 1 unspecified atom stereocenters. The topological polar surface area (TPSA) is 38.9 Å². The van der Waals surface area contributed by atoms with Gasteiger partial charge in [0.15, 0.2) is 0 Å². The van der Waals surface area contributed by atoms with E-state index in [0.717, 1.165) is 27.0 Å². The zero-order valence-electron chi connectivity index (χ0n) is 9.13. The summed E-state index contributed by atoms with van der Waals surface area (Å²) in [4.78, 5) is 4.40. The number of hydrogen-bond acceptors (Lipinski definition) is 2. The summed E-state index contributed by atoms with van der Waals surface area (Å²) < 4.78 is 1.99. The quantitative estimate of drug-likeness (QED) is 0.890. The van der Waals surface area contributed by atoms with Crippen LogP contribution >= 0.6 is 31.9 Å². The van der Waals surface area contributed by atoms with E-state index in [0.29, 0.717) is 0 Å². The third kappa shape index (κ3) is 3.05. The van der Waals surface area contributed by atoms with Gasteiger partial charge in [-0.2, -0.15) is 0 Å². The first-order chi connectivity index (χ1) is 7.66. The van der Waals surface area contributed by atoms with Gasteiger partial charge < -0.3 is 5.73 Å². The Bertz CT molecular complexity index is 362. The summed E-state index contributed by atoms with van der Waals surface area (Å²) in [5.41, 5.74) is 7.20. The van der Waals surface area contributed by atoms with Crippen LogP contribution in [-0.4, -0.2) is 4.98 Å². The number of nitrogens with zero attached hydrogens (tertiary/aromatic N) is 1. The minimum Gasteiger partial charge on any atom is -0.323 e. The normalized spacial score (nSPS) is 18.9. The summed E-state index contributed by atoms with van der Waals surface area (Å²) in [6, 6.07) is 2.07. The summed E-state index contributed by atoms with van der Waals surface area (Å²) in [6.07, 6.45) is 8.28. The summed E-state index contributed by atoms with van der Waals surface area (Å²) in [7, 11) is 0. The van der Waals surface area contributed by atoms with Gasteiger partial charge in [0.2, 0.25) is 0 Å². The summed E-state index contributed by atoms with van der Waals surface area (Å²) in [5, 5.41) is 0. The van der Waals surface area contributed by atoms with Crippen LogP contribution in [0.2, 0.25) is 0 Å². The van der Waals surface area contributed by atoms with Gasteiger partial charge in [0.05, 0.1) is 5.69 Å². The third-order valence-electron chi connectivity index (χ3n) is 3.25. The van der Waals surface area contributed by atoms with Crippen LogP contribution in [-0.2, 0) is 0 Å². The predicted octanol–water partition coefficient (Wildman–Crippen LogP) is 4.19. The summed E-state index contributed by atoms with van der Waals surface area (Å²) >= 11 is 6.92. The molecular formula is C12H16Br2N2. The molecule has 0 saturated heterocycles. The zero-order valence-corrected chi connectivity index (χ0v) is 12.3. The molecule has 2 nitrogen and oxygen atoms in total. The van der Waals surface area contributed by atoms with Crippen LogP contribution in [0.1, 0.15) is 43.8 Å². The number of nitrogens with two attached hydrogens (primary N) is 1. The first kappa shape index (κ1) is 12.5. The fourth-order valence-corrected chi connectivity index (χ4v) is 3.70. The summed E-state index contributed by atoms with van der Waals surface area (Å²) in [5.74, 6) is 0.798. The highest BCUT2D eigenvalue weighted by Crippen LogP contribution is 2.33. The lowest BCUT2D eigenvalue weighted by Crippen LogP contribution is -2.16. The molecule has 88 valence electrons. The largest absolute Gasteiger partial charge is 0.323 e. The van der Waals surface area contributed by atoms with E-state index in [2.05, 4.69) is 36.8 Å². The van der Waals surface area contributed by atoms with Crippen molar-refractivity contribution in [2.45, 2.75) is 38.1 Å². The van der Waals surface area contributed by atoms with Crippen LogP contribution in [0, 0.1) is 5.92 Å². The number of halogens is 2. The molecule has 1 aliphatic rings. The Hall–Kier alpha value is 0.0700. The number of aromatic nitrogens is 1. The molecule has 0 amide bonds. The fourth-order valence-electron chi connectivity index (χ4n) is 2.41. The van der Waals surface area contributed by atoms with Crippen molar-refractivity contribution in [2.75, 3.05) is 0 Å². The SMILES string of the molecule is NC(CC1CCCC1)c1ncc(Br)cc1Br. The van der Waals surface area contributed by atoms with Gasteiger partial charge >= 0.3 is 0 Å². The molecule has 0 radical (unpaired) electrons. The van der Waals surface area contributed by atoms with Crippen molar-refractivity contribution in [1.82, 2.24) is 4.98 Å². The molecule has 0 aromatic carbocycles. The van der Waals surface area contributed by atoms with E-state index in [1.807, 2.05) is 12.3 Å². The van der Waals surface area contributed by atoms with E-state index in [1.54, 1.807) is 0 Å². The van der Waals surface area contributed by atoms with Crippen LogP contribution in [0.4, 0.5) is 0 Å². The molecule has 1 atom stereocenters. The number of hydrogen-bond donors (Lipinski definition) is 1. The Kier molecular flexibility index (Phi) is 4.39. The van der Waals surface area contributed by atoms with Crippen LogP contribution < -0.4 is 5.73 Å². The second kappa shape index (κ2) is 5.61. The second-order valence-corrected chi connectivity index (χ2v) is 6.28. The standard InChI is InChI=1S/C12H16Br2N2/c13-9-6-10(14)12(16-7-9)11(15)5-8-3-1-2-4-8/h6-8,11H,1-5,15H2. The van der Waals surface area contributed by atoms with Gasteiger partial charge in [0.25, 0.3) is 0 Å². The van der Waals surface area contributed by atoms with E-state index in [9.17, 15) is 0 Å². The Balaban J connectivity index is 2.04. The third-order valence-corrected chi connectivity index (χ3v) is 4.32. The Morgan fingerprint density at radius 3 is 2.69 bits per heavy atom. The molecule has 1 fully saturated rings. The zero-order chi connectivity index (χ0) is 11.5. The monoisotopic (exact) mass is 346 g/mol. The van der Waals surface area contributed by atoms with E-state index in [-0.39, 0.29) is 6.04 Å². The lowest BCUT2D eigenvalue weighted by Gasteiger charge is -2.17. The van der Waals surface area contributed by atoms with Crippen molar-refractivity contribution in [3.63, 3.8) is 0 Å². The van der Waals surface area contributed by atoms with Crippen LogP contribution in [0.15, 0.2) is 21.2 Å². The van der Waals surface area contributed by atoms with Crippen molar-refractivity contribution in [3.8, 4) is 0 Å². The molecule has 1 aromatic heterocycles. The minimum atomic E-state index is 0.0607. The highest BCUT2D eigenvalue weighted by Gasteiger charge is 2.20. The van der Waals surface area contributed by atoms with Gasteiger partial charge in [0, 0.05) is 21.2 Å². The van der Waals surface area contributed by atoms with Gasteiger partial charge in [-0.15, -0.1) is 0 Å². The molecule has 1 heterocycles. The molecule has 1 aliphatic carbocycles. The van der Waals surface area contributed by atoms with Crippen molar-refractivity contribution < 1.29 is 0 Å². The van der Waals surface area contributed by atoms with E-state index < -0.39 is 0 Å². The average molecular weight is 348 g/mol. The van der Waals surface area contributed by atoms with Gasteiger partial charge in [-0.3, -0.25) is 4.98 Å². The molecule has 0 aliphatic heterocycles. The molecule has 0 spiro atoms. The molecule has 4 heteroatoms. The maximum atomic E-state index is 6.22. The highest BCUT2D eigenvalue weighted by atomic mass is 79.9. The second-order valence-electron chi connectivity index (χ2n) is 4.51. The first-order valence-electron chi connectivity index (χ1n) is 5.73. The lowest BCUT2D eigenvalue weighted by atomic mass is 9.97. The van der Waals surface area contributed by atoms with Crippen molar-refractivity contribution >= 4 is 31.9 Å². The molecule has 2 rings (SSSR count). The van der Waals surface area contributed by atoms with Crippen LogP contribution in [0.25, 0.3) is 0 Å². The first-order valence-corrected chi connectivity index (χ1v) is 7.32. The van der Waals surface area contributed by atoms with Crippen molar-refractivity contribution in [3.05, 3.63) is 26.9 Å². The van der Waals surface area contributed by atoms with Crippen LogP contribution in [0.3, 0.4) is 0 Å². The molecule has 1 aromatic rings. The Labute approximate surface area is 113 Å². The maximum Gasteiger partial charge on any atom is 0.0713 e. The minimum absolute atomic E-state index is 0.0607. The molecule has 0 bridgehead atoms. The van der Waals surface area contributed by atoms with E-state index >= 15 is 0 Å². The smallest absolute Gasteiger partial charge is 0.0713 e. The van der Waals surface area contributed by atoms with Crippen molar-refractivity contribution in [2.24, 2.45) is 11.7 Å². The van der Waals surface area contributed by atoms with E-state index in [4.69, 9.17) is 5.73 Å². The predicted molar refractivity (Wildman–Crippen MR) is 73.1 cm³/mol. The molecule has 16 heavy (non-hydrogen) atoms.